The third-order valence-electron chi connectivity index (χ3n) is 2.76. The van der Waals surface area contributed by atoms with E-state index in [1.807, 2.05) is 0 Å². The van der Waals surface area contributed by atoms with Gasteiger partial charge in [0.25, 0.3) is 0 Å². The van der Waals surface area contributed by atoms with E-state index in [1.165, 1.54) is 0 Å². The molecule has 0 saturated heterocycles. The summed E-state index contributed by atoms with van der Waals surface area (Å²) in [6, 6.07) is 8.88. The molecule has 1 heterocycles. The molecule has 0 radical (unpaired) electrons. The van der Waals surface area contributed by atoms with Crippen LogP contribution in [0.5, 0.6) is 11.5 Å². The van der Waals surface area contributed by atoms with Gasteiger partial charge in [-0.1, -0.05) is 0 Å². The molecule has 94 valence electrons. The standard InChI is InChI=1S/C14H15NO3/c1-17-11-3-4-12(13(9-11)18-2)14(16)10-5-7-15-8-6-10/h3-9,14,16H,1-2H3/t14-/m1/s1. The first-order valence-electron chi connectivity index (χ1n) is 5.56. The van der Waals surface area contributed by atoms with Crippen molar-refractivity contribution in [3.05, 3.63) is 53.9 Å². The van der Waals surface area contributed by atoms with Crippen LogP contribution in [-0.2, 0) is 0 Å². The van der Waals surface area contributed by atoms with E-state index in [-0.39, 0.29) is 0 Å². The lowest BCUT2D eigenvalue weighted by atomic mass is 10.0. The zero-order chi connectivity index (χ0) is 13.0. The largest absolute Gasteiger partial charge is 0.497 e. The van der Waals surface area contributed by atoms with Crippen molar-refractivity contribution in [1.82, 2.24) is 4.98 Å². The third kappa shape index (κ3) is 2.43. The minimum atomic E-state index is -0.742. The van der Waals surface area contributed by atoms with E-state index in [2.05, 4.69) is 4.98 Å². The average Bonchev–Trinajstić information content (AvgIpc) is 2.46. The lowest BCUT2D eigenvalue weighted by Crippen LogP contribution is -2.02. The van der Waals surface area contributed by atoms with Gasteiger partial charge in [-0.15, -0.1) is 0 Å². The predicted octanol–water partition coefficient (Wildman–Crippen LogP) is 2.18. The second kappa shape index (κ2) is 5.51. The normalized spacial score (nSPS) is 11.9. The van der Waals surface area contributed by atoms with Gasteiger partial charge in [0.05, 0.1) is 14.2 Å². The van der Waals surface area contributed by atoms with Crippen LogP contribution in [0.15, 0.2) is 42.7 Å². The summed E-state index contributed by atoms with van der Waals surface area (Å²) in [5, 5.41) is 10.3. The van der Waals surface area contributed by atoms with Crippen molar-refractivity contribution in [2.45, 2.75) is 6.10 Å². The molecule has 2 aromatic rings. The molecule has 1 atom stereocenters. The average molecular weight is 245 g/mol. The molecule has 0 bridgehead atoms. The van der Waals surface area contributed by atoms with Crippen LogP contribution in [0.4, 0.5) is 0 Å². The Morgan fingerprint density at radius 2 is 1.78 bits per heavy atom. The molecule has 1 aromatic heterocycles. The highest BCUT2D eigenvalue weighted by Crippen LogP contribution is 2.32. The van der Waals surface area contributed by atoms with Gasteiger partial charge in [0.1, 0.15) is 17.6 Å². The fourth-order valence-corrected chi connectivity index (χ4v) is 1.77. The first kappa shape index (κ1) is 12.4. The molecule has 1 N–H and O–H groups in total. The van der Waals surface area contributed by atoms with E-state index < -0.39 is 6.10 Å². The van der Waals surface area contributed by atoms with Gasteiger partial charge in [-0.3, -0.25) is 4.98 Å². The summed E-state index contributed by atoms with van der Waals surface area (Å²) in [4.78, 5) is 3.93. The molecular weight excluding hydrogens is 230 g/mol. The molecule has 0 saturated carbocycles. The summed E-state index contributed by atoms with van der Waals surface area (Å²) in [5.41, 5.74) is 1.47. The molecular formula is C14H15NO3. The molecule has 0 unspecified atom stereocenters. The van der Waals surface area contributed by atoms with Crippen LogP contribution in [0.2, 0.25) is 0 Å². The van der Waals surface area contributed by atoms with Gasteiger partial charge in [0.2, 0.25) is 0 Å². The predicted molar refractivity (Wildman–Crippen MR) is 67.8 cm³/mol. The molecule has 1 aromatic carbocycles. The fourth-order valence-electron chi connectivity index (χ4n) is 1.77. The van der Waals surface area contributed by atoms with Crippen molar-refractivity contribution >= 4 is 0 Å². The smallest absolute Gasteiger partial charge is 0.128 e. The first-order valence-corrected chi connectivity index (χ1v) is 5.56. The van der Waals surface area contributed by atoms with E-state index in [9.17, 15) is 5.11 Å². The van der Waals surface area contributed by atoms with Crippen molar-refractivity contribution in [3.63, 3.8) is 0 Å². The fraction of sp³-hybridized carbons (Fsp3) is 0.214. The number of nitrogens with zero attached hydrogens (tertiary/aromatic N) is 1. The summed E-state index contributed by atoms with van der Waals surface area (Å²) < 4.78 is 10.4. The zero-order valence-corrected chi connectivity index (χ0v) is 10.3. The quantitative estimate of drug-likeness (QED) is 0.897. The van der Waals surface area contributed by atoms with E-state index >= 15 is 0 Å². The second-order valence-electron chi connectivity index (χ2n) is 3.79. The number of benzene rings is 1. The number of aliphatic hydroxyl groups excluding tert-OH is 1. The highest BCUT2D eigenvalue weighted by Gasteiger charge is 2.15. The molecule has 2 rings (SSSR count). The number of pyridine rings is 1. The highest BCUT2D eigenvalue weighted by atomic mass is 16.5. The van der Waals surface area contributed by atoms with Gasteiger partial charge < -0.3 is 14.6 Å². The Bertz CT molecular complexity index is 514. The number of methoxy groups -OCH3 is 2. The van der Waals surface area contributed by atoms with Crippen molar-refractivity contribution in [2.75, 3.05) is 14.2 Å². The number of ether oxygens (including phenoxy) is 2. The van der Waals surface area contributed by atoms with E-state index in [0.29, 0.717) is 17.1 Å². The molecule has 4 heteroatoms. The number of hydrogen-bond acceptors (Lipinski definition) is 4. The molecule has 0 amide bonds. The van der Waals surface area contributed by atoms with Gasteiger partial charge >= 0.3 is 0 Å². The third-order valence-corrected chi connectivity index (χ3v) is 2.76. The van der Waals surface area contributed by atoms with E-state index in [0.717, 1.165) is 5.56 Å². The SMILES string of the molecule is COc1ccc([C@H](O)c2ccncc2)c(OC)c1. The lowest BCUT2D eigenvalue weighted by molar-refractivity contribution is 0.214. The molecule has 4 nitrogen and oxygen atoms in total. The molecule has 18 heavy (non-hydrogen) atoms. The number of aliphatic hydroxyl groups is 1. The van der Waals surface area contributed by atoms with Gasteiger partial charge in [0, 0.05) is 24.0 Å². The van der Waals surface area contributed by atoms with Crippen LogP contribution in [0.1, 0.15) is 17.2 Å². The van der Waals surface area contributed by atoms with Gasteiger partial charge in [0.15, 0.2) is 0 Å². The molecule has 0 aliphatic heterocycles. The second-order valence-corrected chi connectivity index (χ2v) is 3.79. The van der Waals surface area contributed by atoms with Gasteiger partial charge in [-0.2, -0.15) is 0 Å². The number of aromatic nitrogens is 1. The van der Waals surface area contributed by atoms with E-state index in [4.69, 9.17) is 9.47 Å². The molecule has 0 fully saturated rings. The Labute approximate surface area is 106 Å². The highest BCUT2D eigenvalue weighted by molar-refractivity contribution is 5.44. The summed E-state index contributed by atoms with van der Waals surface area (Å²) >= 11 is 0. The molecule has 0 spiro atoms. The van der Waals surface area contributed by atoms with Crippen LogP contribution >= 0.6 is 0 Å². The summed E-state index contributed by atoms with van der Waals surface area (Å²) in [6.07, 6.45) is 2.55. The van der Waals surface area contributed by atoms with Crippen LogP contribution in [0, 0.1) is 0 Å². The van der Waals surface area contributed by atoms with Crippen molar-refractivity contribution in [2.24, 2.45) is 0 Å². The monoisotopic (exact) mass is 245 g/mol. The van der Waals surface area contributed by atoms with Crippen LogP contribution < -0.4 is 9.47 Å². The maximum Gasteiger partial charge on any atom is 0.128 e. The summed E-state index contributed by atoms with van der Waals surface area (Å²) in [7, 11) is 3.16. The van der Waals surface area contributed by atoms with Gasteiger partial charge in [-0.05, 0) is 29.8 Å². The van der Waals surface area contributed by atoms with Crippen molar-refractivity contribution in [3.8, 4) is 11.5 Å². The Balaban J connectivity index is 2.38. The Hall–Kier alpha value is -2.07. The number of rotatable bonds is 4. The van der Waals surface area contributed by atoms with E-state index in [1.54, 1.807) is 56.9 Å². The maximum atomic E-state index is 10.3. The lowest BCUT2D eigenvalue weighted by Gasteiger charge is -2.15. The van der Waals surface area contributed by atoms with Crippen molar-refractivity contribution in [1.29, 1.82) is 0 Å². The Morgan fingerprint density at radius 1 is 1.06 bits per heavy atom. The van der Waals surface area contributed by atoms with Crippen LogP contribution in [0.25, 0.3) is 0 Å². The van der Waals surface area contributed by atoms with Crippen LogP contribution in [0.3, 0.4) is 0 Å². The summed E-state index contributed by atoms with van der Waals surface area (Å²) in [5.74, 6) is 1.29. The van der Waals surface area contributed by atoms with Crippen molar-refractivity contribution < 1.29 is 14.6 Å². The zero-order valence-electron chi connectivity index (χ0n) is 10.3. The minimum Gasteiger partial charge on any atom is -0.497 e. The summed E-state index contributed by atoms with van der Waals surface area (Å²) in [6.45, 7) is 0. The Morgan fingerprint density at radius 3 is 2.39 bits per heavy atom. The molecule has 0 aliphatic rings. The molecule has 0 aliphatic carbocycles. The Kier molecular flexibility index (Phi) is 3.79. The minimum absolute atomic E-state index is 0.596. The maximum absolute atomic E-state index is 10.3. The number of hydrogen-bond donors (Lipinski definition) is 1. The van der Waals surface area contributed by atoms with Crippen LogP contribution in [-0.4, -0.2) is 24.3 Å². The topological polar surface area (TPSA) is 51.6 Å². The van der Waals surface area contributed by atoms with Gasteiger partial charge in [-0.25, -0.2) is 0 Å². The first-order chi connectivity index (χ1) is 8.76.